The van der Waals surface area contributed by atoms with E-state index in [1.165, 1.54) is 11.1 Å². The van der Waals surface area contributed by atoms with Crippen LogP contribution in [0.3, 0.4) is 0 Å². The van der Waals surface area contributed by atoms with Gasteiger partial charge >= 0.3 is 5.97 Å². The summed E-state index contributed by atoms with van der Waals surface area (Å²) in [5.74, 6) is -0.783. The molecule has 0 saturated carbocycles. The molecule has 2 amide bonds. The van der Waals surface area contributed by atoms with Crippen LogP contribution >= 0.6 is 24.8 Å². The van der Waals surface area contributed by atoms with Crippen LogP contribution in [0.25, 0.3) is 0 Å². The number of esters is 1. The van der Waals surface area contributed by atoms with Gasteiger partial charge in [-0.2, -0.15) is 0 Å². The number of hydrazine groups is 1. The van der Waals surface area contributed by atoms with Crippen molar-refractivity contribution in [3.63, 3.8) is 0 Å². The molecule has 0 bridgehead atoms. The number of aryl methyl sites for hydroxylation is 1. The molecule has 0 unspecified atom stereocenters. The molecule has 0 aliphatic carbocycles. The zero-order chi connectivity index (χ0) is 26.1. The minimum atomic E-state index is -0.438. The molecule has 0 fully saturated rings. The summed E-state index contributed by atoms with van der Waals surface area (Å²) in [6.45, 7) is 9.17. The van der Waals surface area contributed by atoms with Crippen LogP contribution in [0.4, 0.5) is 5.69 Å². The SMILES string of the molecule is CCNCCNC(=O)CN(CC(=O)N(C)N1Cc2ccccc2C1)c1cc(C(=O)OCC)ccc1C.Cl.Cl. The highest BCUT2D eigenvalue weighted by atomic mass is 35.5. The van der Waals surface area contributed by atoms with Gasteiger partial charge < -0.3 is 20.3 Å². The Kier molecular flexibility index (Phi) is 14.1. The minimum absolute atomic E-state index is 0. The lowest BCUT2D eigenvalue weighted by molar-refractivity contribution is -0.145. The highest BCUT2D eigenvalue weighted by Gasteiger charge is 2.27. The first kappa shape index (κ1) is 33.2. The Labute approximate surface area is 237 Å². The normalized spacial score (nSPS) is 12.0. The Hall–Kier alpha value is -2.85. The van der Waals surface area contributed by atoms with Gasteiger partial charge in [-0.25, -0.2) is 9.80 Å². The largest absolute Gasteiger partial charge is 0.462 e. The van der Waals surface area contributed by atoms with Gasteiger partial charge in [-0.1, -0.05) is 37.3 Å². The molecule has 1 aliphatic heterocycles. The first-order valence-corrected chi connectivity index (χ1v) is 12.4. The molecule has 3 rings (SSSR count). The summed E-state index contributed by atoms with van der Waals surface area (Å²) in [5.41, 5.74) is 4.28. The number of anilines is 1. The lowest BCUT2D eigenvalue weighted by atomic mass is 10.1. The number of hydrogen-bond donors (Lipinski definition) is 2. The molecule has 0 spiro atoms. The van der Waals surface area contributed by atoms with E-state index >= 15 is 0 Å². The summed E-state index contributed by atoms with van der Waals surface area (Å²) >= 11 is 0. The summed E-state index contributed by atoms with van der Waals surface area (Å²) in [6, 6.07) is 13.3. The molecule has 1 heterocycles. The molecule has 0 atom stereocenters. The van der Waals surface area contributed by atoms with E-state index in [1.54, 1.807) is 36.0 Å². The van der Waals surface area contributed by atoms with Crippen LogP contribution in [0.2, 0.25) is 0 Å². The number of hydrogen-bond acceptors (Lipinski definition) is 7. The maximum atomic E-state index is 13.4. The molecule has 11 heteroatoms. The number of halogens is 2. The lowest BCUT2D eigenvalue weighted by Gasteiger charge is -2.32. The number of amides is 2. The predicted octanol–water partition coefficient (Wildman–Crippen LogP) is 2.94. The minimum Gasteiger partial charge on any atom is -0.462 e. The first-order valence-electron chi connectivity index (χ1n) is 12.4. The fourth-order valence-electron chi connectivity index (χ4n) is 4.16. The van der Waals surface area contributed by atoms with Gasteiger partial charge in [0.2, 0.25) is 5.91 Å². The molecule has 2 aromatic rings. The van der Waals surface area contributed by atoms with E-state index in [4.69, 9.17) is 4.74 Å². The van der Waals surface area contributed by atoms with Crippen molar-refractivity contribution in [3.8, 4) is 0 Å². The van der Waals surface area contributed by atoms with Crippen molar-refractivity contribution in [2.45, 2.75) is 33.9 Å². The van der Waals surface area contributed by atoms with Crippen molar-refractivity contribution in [1.82, 2.24) is 20.7 Å². The second-order valence-electron chi connectivity index (χ2n) is 8.79. The van der Waals surface area contributed by atoms with Gasteiger partial charge in [0.15, 0.2) is 0 Å². The number of carbonyl (C=O) groups excluding carboxylic acids is 3. The van der Waals surface area contributed by atoms with Crippen LogP contribution in [0.15, 0.2) is 42.5 Å². The quantitative estimate of drug-likeness (QED) is 0.301. The zero-order valence-corrected chi connectivity index (χ0v) is 24.1. The van der Waals surface area contributed by atoms with Gasteiger partial charge in [0.1, 0.15) is 0 Å². The first-order chi connectivity index (χ1) is 17.3. The predicted molar refractivity (Wildman–Crippen MR) is 154 cm³/mol. The Morgan fingerprint density at radius 1 is 0.974 bits per heavy atom. The van der Waals surface area contributed by atoms with Crippen LogP contribution in [0.1, 0.15) is 40.9 Å². The number of fused-ring (bicyclic) bond motifs is 1. The van der Waals surface area contributed by atoms with Gasteiger partial charge in [0.05, 0.1) is 25.3 Å². The second-order valence-corrected chi connectivity index (χ2v) is 8.79. The summed E-state index contributed by atoms with van der Waals surface area (Å²) < 4.78 is 5.15. The lowest BCUT2D eigenvalue weighted by Crippen LogP contribution is -2.48. The van der Waals surface area contributed by atoms with Gasteiger partial charge in [0.25, 0.3) is 5.91 Å². The van der Waals surface area contributed by atoms with Crippen molar-refractivity contribution in [1.29, 1.82) is 0 Å². The summed E-state index contributed by atoms with van der Waals surface area (Å²) in [4.78, 5) is 40.2. The van der Waals surface area contributed by atoms with Crippen molar-refractivity contribution in [2.75, 3.05) is 51.3 Å². The maximum Gasteiger partial charge on any atom is 0.338 e. The third-order valence-corrected chi connectivity index (χ3v) is 6.20. The Morgan fingerprint density at radius 3 is 2.24 bits per heavy atom. The molecule has 9 nitrogen and oxygen atoms in total. The van der Waals surface area contributed by atoms with Crippen molar-refractivity contribution >= 4 is 48.3 Å². The molecule has 0 aromatic heterocycles. The number of ether oxygens (including phenoxy) is 1. The molecule has 38 heavy (non-hydrogen) atoms. The van der Waals surface area contributed by atoms with Crippen LogP contribution < -0.4 is 15.5 Å². The van der Waals surface area contributed by atoms with Gasteiger partial charge in [-0.15, -0.1) is 24.8 Å². The van der Waals surface area contributed by atoms with Crippen LogP contribution in [0, 0.1) is 6.92 Å². The number of carbonyl (C=O) groups is 3. The molecule has 210 valence electrons. The van der Waals surface area contributed by atoms with Crippen LogP contribution in [-0.2, 0) is 27.4 Å². The molecule has 2 aromatic carbocycles. The van der Waals surface area contributed by atoms with E-state index in [2.05, 4.69) is 22.8 Å². The molecule has 0 radical (unpaired) electrons. The monoisotopic (exact) mass is 567 g/mol. The fourth-order valence-corrected chi connectivity index (χ4v) is 4.16. The number of rotatable bonds is 12. The Balaban J connectivity index is 0.00000361. The van der Waals surface area contributed by atoms with Gasteiger partial charge in [0, 0.05) is 38.9 Å². The van der Waals surface area contributed by atoms with E-state index in [9.17, 15) is 14.4 Å². The average Bonchev–Trinajstić information content (AvgIpc) is 3.30. The van der Waals surface area contributed by atoms with Crippen molar-refractivity contribution in [3.05, 3.63) is 64.7 Å². The third kappa shape index (κ3) is 8.87. The van der Waals surface area contributed by atoms with Crippen molar-refractivity contribution < 1.29 is 19.1 Å². The number of nitrogens with one attached hydrogen (secondary N) is 2. The van der Waals surface area contributed by atoms with E-state index in [0.717, 1.165) is 12.1 Å². The Bertz CT molecular complexity index is 1060. The van der Waals surface area contributed by atoms with E-state index < -0.39 is 5.97 Å². The highest BCUT2D eigenvalue weighted by molar-refractivity contribution is 5.92. The van der Waals surface area contributed by atoms with Crippen LogP contribution in [-0.4, -0.2) is 74.2 Å². The summed E-state index contributed by atoms with van der Waals surface area (Å²) in [6.07, 6.45) is 0. The maximum absolute atomic E-state index is 13.4. The molecular weight excluding hydrogens is 529 g/mol. The number of benzene rings is 2. The fraction of sp³-hybridized carbons (Fsp3) is 0.444. The molecule has 0 saturated heterocycles. The smallest absolute Gasteiger partial charge is 0.338 e. The van der Waals surface area contributed by atoms with Crippen molar-refractivity contribution in [2.24, 2.45) is 0 Å². The Morgan fingerprint density at radius 2 is 1.63 bits per heavy atom. The number of nitrogens with zero attached hydrogens (tertiary/aromatic N) is 3. The topological polar surface area (TPSA) is 94.2 Å². The highest BCUT2D eigenvalue weighted by Crippen LogP contribution is 2.25. The molecule has 1 aliphatic rings. The van der Waals surface area contributed by atoms with Gasteiger partial charge in [-0.3, -0.25) is 14.6 Å². The molecular formula is C27H39Cl2N5O4. The third-order valence-electron chi connectivity index (χ3n) is 6.20. The summed E-state index contributed by atoms with van der Waals surface area (Å²) in [5, 5.41) is 9.68. The summed E-state index contributed by atoms with van der Waals surface area (Å²) in [7, 11) is 1.75. The van der Waals surface area contributed by atoms with E-state index in [0.29, 0.717) is 37.4 Å². The average molecular weight is 569 g/mol. The molecule has 2 N–H and O–H groups in total. The van der Waals surface area contributed by atoms with Gasteiger partial charge in [-0.05, 0) is 49.2 Å². The van der Waals surface area contributed by atoms with E-state index in [1.807, 2.05) is 37.1 Å². The van der Waals surface area contributed by atoms with E-state index in [-0.39, 0.29) is 56.3 Å². The van der Waals surface area contributed by atoms with Crippen LogP contribution in [0.5, 0.6) is 0 Å². The standard InChI is InChI=1S/C27H37N5O4.2ClH/c1-5-28-13-14-29-25(33)18-31(24-15-21(12-11-20(24)3)27(35)36-6-2)19-26(34)30(4)32-16-22-9-7-8-10-23(22)17-32;;/h7-12,15,28H,5-6,13-14,16-19H2,1-4H3,(H,29,33);2*1H. The number of likely N-dealkylation sites (N-methyl/N-ethyl adjacent to an activating group) is 2. The second kappa shape index (κ2) is 16.2. The zero-order valence-electron chi connectivity index (χ0n) is 22.5.